The average molecular weight is 212 g/mol. The van der Waals surface area contributed by atoms with Gasteiger partial charge in [0.25, 0.3) is 0 Å². The maximum absolute atomic E-state index is 3.72. The van der Waals surface area contributed by atoms with Crippen LogP contribution in [0.25, 0.3) is 0 Å². The predicted molar refractivity (Wildman–Crippen MR) is 72.2 cm³/mol. The first-order valence-corrected chi connectivity index (χ1v) is 4.93. The van der Waals surface area contributed by atoms with Gasteiger partial charge in [-0.3, -0.25) is 0 Å². The van der Waals surface area contributed by atoms with Crippen molar-refractivity contribution in [1.82, 2.24) is 0 Å². The van der Waals surface area contributed by atoms with Crippen LogP contribution in [0.1, 0.15) is 0 Å². The lowest BCUT2D eigenvalue weighted by molar-refractivity contribution is 1.26. The molecule has 0 saturated heterocycles. The zero-order valence-corrected chi connectivity index (χ0v) is 9.34. The van der Waals surface area contributed by atoms with Gasteiger partial charge >= 0.3 is 0 Å². The molecule has 1 aromatic rings. The van der Waals surface area contributed by atoms with Crippen molar-refractivity contribution in [3.8, 4) is 0 Å². The van der Waals surface area contributed by atoms with Gasteiger partial charge in [-0.15, -0.1) is 0 Å². The van der Waals surface area contributed by atoms with Gasteiger partial charge in [-0.2, -0.15) is 0 Å². The molecule has 1 aromatic carbocycles. The summed E-state index contributed by atoms with van der Waals surface area (Å²) in [4.78, 5) is 3.68. The topological polar surface area (TPSA) is 6.48 Å². The van der Waals surface area contributed by atoms with Crippen LogP contribution in [-0.2, 0) is 0 Å². The van der Waals surface area contributed by atoms with E-state index in [0.717, 1.165) is 11.4 Å². The van der Waals surface area contributed by atoms with E-state index in [1.807, 2.05) is 34.1 Å². The van der Waals surface area contributed by atoms with Gasteiger partial charge in [-0.05, 0) is 18.2 Å². The number of anilines is 2. The van der Waals surface area contributed by atoms with Gasteiger partial charge in [-0.1, -0.05) is 32.4 Å². The van der Waals surface area contributed by atoms with E-state index in [1.54, 1.807) is 24.8 Å². The lowest BCUT2D eigenvalue weighted by Gasteiger charge is -2.19. The molecule has 0 aliphatic heterocycles. The van der Waals surface area contributed by atoms with Crippen LogP contribution in [0.15, 0.2) is 75.4 Å². The van der Waals surface area contributed by atoms with Crippen molar-refractivity contribution < 1.29 is 0 Å². The van der Waals surface area contributed by atoms with Crippen molar-refractivity contribution in [1.29, 1.82) is 0 Å². The fraction of sp³-hybridized carbons (Fsp3) is 0. The number of nitrogens with zero attached hydrogens (tertiary/aromatic N) is 2. The molecule has 0 saturated carbocycles. The second-order valence-corrected chi connectivity index (χ2v) is 3.06. The Bertz CT molecular complexity index is 356. The summed E-state index contributed by atoms with van der Waals surface area (Å²) in [7, 11) is 0. The number of rotatable bonds is 6. The molecular weight excluding hydrogens is 196 g/mol. The maximum atomic E-state index is 3.72. The monoisotopic (exact) mass is 212 g/mol. The molecule has 1 rings (SSSR count). The zero-order chi connectivity index (χ0) is 12.0. The second-order valence-electron chi connectivity index (χ2n) is 3.06. The summed E-state index contributed by atoms with van der Waals surface area (Å²) in [6, 6.07) is 7.94. The fourth-order valence-electron chi connectivity index (χ4n) is 1.38. The Morgan fingerprint density at radius 3 is 1.44 bits per heavy atom. The Balaban J connectivity index is 3.11. The third kappa shape index (κ3) is 2.42. The molecular formula is C14H16N2. The van der Waals surface area contributed by atoms with E-state index in [2.05, 4.69) is 26.3 Å². The Hall–Kier alpha value is -2.22. The molecule has 16 heavy (non-hydrogen) atoms. The van der Waals surface area contributed by atoms with Crippen molar-refractivity contribution in [3.05, 3.63) is 75.4 Å². The standard InChI is InChI=1S/C14H16N2/c1-5-15(6-2)13-10-9-11-14(12-13)16(7-3)8-4/h5-12H,1-4H2. The maximum Gasteiger partial charge on any atom is 0.0469 e. The smallest absolute Gasteiger partial charge is 0.0469 e. The first-order valence-electron chi connectivity index (χ1n) is 4.93. The van der Waals surface area contributed by atoms with Crippen molar-refractivity contribution in [3.63, 3.8) is 0 Å². The molecule has 0 aliphatic rings. The molecule has 82 valence electrons. The van der Waals surface area contributed by atoms with E-state index in [0.29, 0.717) is 0 Å². The Morgan fingerprint density at radius 1 is 0.750 bits per heavy atom. The summed E-state index contributed by atoms with van der Waals surface area (Å²) in [6.45, 7) is 14.9. The highest BCUT2D eigenvalue weighted by molar-refractivity contribution is 5.63. The van der Waals surface area contributed by atoms with Crippen LogP contribution in [0.4, 0.5) is 11.4 Å². The van der Waals surface area contributed by atoms with Gasteiger partial charge in [0.2, 0.25) is 0 Å². The van der Waals surface area contributed by atoms with Crippen LogP contribution in [0.5, 0.6) is 0 Å². The van der Waals surface area contributed by atoms with Gasteiger partial charge in [0.05, 0.1) is 0 Å². The molecule has 0 N–H and O–H groups in total. The van der Waals surface area contributed by atoms with Crippen LogP contribution in [0, 0.1) is 0 Å². The molecule has 0 aliphatic carbocycles. The predicted octanol–water partition coefficient (Wildman–Crippen LogP) is 3.87. The summed E-state index contributed by atoms with van der Waals surface area (Å²) in [5, 5.41) is 0. The highest BCUT2D eigenvalue weighted by atomic mass is 15.1. The highest BCUT2D eigenvalue weighted by Gasteiger charge is 2.02. The largest absolute Gasteiger partial charge is 0.325 e. The summed E-state index contributed by atoms with van der Waals surface area (Å²) < 4.78 is 0. The minimum absolute atomic E-state index is 0.996. The molecule has 0 spiro atoms. The lowest BCUT2D eigenvalue weighted by atomic mass is 10.2. The molecule has 0 atom stereocenters. The highest BCUT2D eigenvalue weighted by Crippen LogP contribution is 2.23. The van der Waals surface area contributed by atoms with Crippen LogP contribution >= 0.6 is 0 Å². The van der Waals surface area contributed by atoms with Gasteiger partial charge in [0, 0.05) is 36.2 Å². The molecule has 0 amide bonds. The van der Waals surface area contributed by atoms with Crippen LogP contribution in [-0.4, -0.2) is 0 Å². The first kappa shape index (κ1) is 11.9. The molecule has 2 nitrogen and oxygen atoms in total. The number of hydrogen-bond donors (Lipinski definition) is 0. The van der Waals surface area contributed by atoms with Gasteiger partial charge in [0.15, 0.2) is 0 Å². The SMILES string of the molecule is C=CN(C=C)c1cccc(N(C=C)C=C)c1. The normalized spacial score (nSPS) is 9.00. The van der Waals surface area contributed by atoms with Crippen molar-refractivity contribution >= 4 is 11.4 Å². The molecule has 0 bridgehead atoms. The fourth-order valence-corrected chi connectivity index (χ4v) is 1.38. The summed E-state index contributed by atoms with van der Waals surface area (Å²) >= 11 is 0. The van der Waals surface area contributed by atoms with E-state index >= 15 is 0 Å². The van der Waals surface area contributed by atoms with E-state index in [9.17, 15) is 0 Å². The number of benzene rings is 1. The minimum atomic E-state index is 0.996. The third-order valence-corrected chi connectivity index (χ3v) is 2.21. The summed E-state index contributed by atoms with van der Waals surface area (Å²) in [5.74, 6) is 0. The van der Waals surface area contributed by atoms with E-state index in [-0.39, 0.29) is 0 Å². The lowest BCUT2D eigenvalue weighted by Crippen LogP contribution is -2.08. The third-order valence-electron chi connectivity index (χ3n) is 2.21. The summed E-state index contributed by atoms with van der Waals surface area (Å²) in [5.41, 5.74) is 1.99. The molecule has 0 radical (unpaired) electrons. The van der Waals surface area contributed by atoms with Gasteiger partial charge in [-0.25, -0.2) is 0 Å². The van der Waals surface area contributed by atoms with Gasteiger partial charge in [0.1, 0.15) is 0 Å². The van der Waals surface area contributed by atoms with E-state index < -0.39 is 0 Å². The summed E-state index contributed by atoms with van der Waals surface area (Å²) in [6.07, 6.45) is 6.83. The van der Waals surface area contributed by atoms with E-state index in [4.69, 9.17) is 0 Å². The molecule has 0 heterocycles. The molecule has 0 unspecified atom stereocenters. The van der Waals surface area contributed by atoms with E-state index in [1.165, 1.54) is 0 Å². The molecule has 0 aromatic heterocycles. The molecule has 2 heteroatoms. The Morgan fingerprint density at radius 2 is 1.12 bits per heavy atom. The van der Waals surface area contributed by atoms with Crippen molar-refractivity contribution in [2.24, 2.45) is 0 Å². The zero-order valence-electron chi connectivity index (χ0n) is 9.34. The number of hydrogen-bond acceptors (Lipinski definition) is 2. The van der Waals surface area contributed by atoms with Crippen molar-refractivity contribution in [2.45, 2.75) is 0 Å². The van der Waals surface area contributed by atoms with Crippen LogP contribution < -0.4 is 9.80 Å². The van der Waals surface area contributed by atoms with Gasteiger partial charge < -0.3 is 9.80 Å². The Labute approximate surface area is 97.1 Å². The van der Waals surface area contributed by atoms with Crippen molar-refractivity contribution in [2.75, 3.05) is 9.80 Å². The van der Waals surface area contributed by atoms with Crippen LogP contribution in [0.2, 0.25) is 0 Å². The molecule has 0 fully saturated rings. The Kier molecular flexibility index (Phi) is 4.16. The second kappa shape index (κ2) is 5.61. The average Bonchev–Trinajstić information content (AvgIpc) is 2.33. The first-order chi connectivity index (χ1) is 7.76. The minimum Gasteiger partial charge on any atom is -0.325 e. The van der Waals surface area contributed by atoms with Crippen LogP contribution in [0.3, 0.4) is 0 Å². The quantitative estimate of drug-likeness (QED) is 0.706.